The Morgan fingerprint density at radius 1 is 0.971 bits per heavy atom. The predicted octanol–water partition coefficient (Wildman–Crippen LogP) is 6.68. The molecule has 0 fully saturated rings. The molecule has 4 aromatic rings. The minimum atomic E-state index is -0.323. The molecule has 0 bridgehead atoms. The van der Waals surface area contributed by atoms with Crippen LogP contribution in [-0.4, -0.2) is 20.9 Å². The summed E-state index contributed by atoms with van der Waals surface area (Å²) >= 11 is 5.36. The summed E-state index contributed by atoms with van der Waals surface area (Å²) in [5.74, 6) is 0.0900. The van der Waals surface area contributed by atoms with Crippen molar-refractivity contribution in [3.8, 4) is 28.3 Å². The van der Waals surface area contributed by atoms with Crippen molar-refractivity contribution in [2.75, 3.05) is 5.32 Å². The highest BCUT2D eigenvalue weighted by Gasteiger charge is 2.22. The molecule has 0 unspecified atom stereocenters. The minimum Gasteiger partial charge on any atom is -0.507 e. The molecule has 0 spiro atoms. The second-order valence-corrected chi connectivity index (χ2v) is 8.31. The van der Waals surface area contributed by atoms with Crippen LogP contribution in [0.25, 0.3) is 28.2 Å². The van der Waals surface area contributed by atoms with Crippen molar-refractivity contribution in [3.05, 3.63) is 108 Å². The zero-order chi connectivity index (χ0) is 23.5. The number of allylic oxidation sites excluding steroid dienone is 4. The molecule has 0 aliphatic heterocycles. The molecule has 5 nitrogen and oxygen atoms in total. The van der Waals surface area contributed by atoms with Gasteiger partial charge in [-0.3, -0.25) is 10.1 Å². The number of anilines is 1. The molecule has 0 saturated heterocycles. The summed E-state index contributed by atoms with van der Waals surface area (Å²) in [6.45, 7) is 0. The summed E-state index contributed by atoms with van der Waals surface area (Å²) in [4.78, 5) is 18.2. The van der Waals surface area contributed by atoms with Gasteiger partial charge in [-0.1, -0.05) is 79.0 Å². The lowest BCUT2D eigenvalue weighted by Gasteiger charge is -2.07. The van der Waals surface area contributed by atoms with Gasteiger partial charge in [0, 0.05) is 22.4 Å². The summed E-state index contributed by atoms with van der Waals surface area (Å²) in [5, 5.41) is 13.6. The molecule has 1 aliphatic rings. The Hall–Kier alpha value is -4.29. The summed E-state index contributed by atoms with van der Waals surface area (Å²) in [6.07, 6.45) is 6.36. The quantitative estimate of drug-likeness (QED) is 0.322. The SMILES string of the molecule is O=C(Nc1oc(-c2ccc(-c3ccccc3)cc2O)nc1C1=CC(=S)CC=C1)c1ccccc1. The molecular formula is C28H20N2O3S. The third-order valence-electron chi connectivity index (χ3n) is 5.43. The van der Waals surface area contributed by atoms with Gasteiger partial charge >= 0.3 is 0 Å². The van der Waals surface area contributed by atoms with Crippen LogP contribution >= 0.6 is 12.2 Å². The van der Waals surface area contributed by atoms with E-state index < -0.39 is 0 Å². The van der Waals surface area contributed by atoms with Crippen LogP contribution in [0.2, 0.25) is 0 Å². The normalized spacial score (nSPS) is 12.9. The number of phenolic OH excluding ortho intramolecular Hbond substituents is 1. The lowest BCUT2D eigenvalue weighted by Crippen LogP contribution is -2.12. The van der Waals surface area contributed by atoms with Gasteiger partial charge in [0.15, 0.2) is 0 Å². The standard InChI is InChI=1S/C28H20N2O3S/c31-24-17-20(18-8-3-1-4-9-18)14-15-23(24)27-29-25(21-12-7-13-22(34)16-21)28(33-27)30-26(32)19-10-5-2-6-11-19/h1-12,14-17,31H,13H2,(H,30,32). The Morgan fingerprint density at radius 2 is 1.71 bits per heavy atom. The van der Waals surface area contributed by atoms with Crippen LogP contribution in [0.3, 0.4) is 0 Å². The average molecular weight is 465 g/mol. The second kappa shape index (κ2) is 9.29. The van der Waals surface area contributed by atoms with E-state index >= 15 is 0 Å². The number of benzene rings is 3. The number of carbonyl (C=O) groups is 1. The zero-order valence-electron chi connectivity index (χ0n) is 18.1. The third-order valence-corrected chi connectivity index (χ3v) is 5.72. The van der Waals surface area contributed by atoms with E-state index in [4.69, 9.17) is 16.6 Å². The van der Waals surface area contributed by atoms with Crippen LogP contribution in [-0.2, 0) is 0 Å². The smallest absolute Gasteiger partial charge is 0.258 e. The van der Waals surface area contributed by atoms with Crippen LogP contribution in [0.5, 0.6) is 5.75 Å². The van der Waals surface area contributed by atoms with Gasteiger partial charge in [0.2, 0.25) is 11.8 Å². The van der Waals surface area contributed by atoms with E-state index in [2.05, 4.69) is 10.3 Å². The topological polar surface area (TPSA) is 75.4 Å². The van der Waals surface area contributed by atoms with E-state index in [-0.39, 0.29) is 23.4 Å². The van der Waals surface area contributed by atoms with Crippen LogP contribution in [0.1, 0.15) is 22.5 Å². The van der Waals surface area contributed by atoms with Gasteiger partial charge in [0.25, 0.3) is 5.91 Å². The molecule has 1 aliphatic carbocycles. The Kier molecular flexibility index (Phi) is 5.89. The Labute approximate surface area is 202 Å². The maximum Gasteiger partial charge on any atom is 0.258 e. The number of nitrogens with one attached hydrogen (secondary N) is 1. The summed E-state index contributed by atoms with van der Waals surface area (Å²) in [6, 6.07) is 24.0. The Balaban J connectivity index is 1.54. The fourth-order valence-corrected chi connectivity index (χ4v) is 3.96. The molecule has 1 aromatic heterocycles. The summed E-state index contributed by atoms with van der Waals surface area (Å²) < 4.78 is 5.99. The highest BCUT2D eigenvalue weighted by molar-refractivity contribution is 7.80. The molecule has 3 aromatic carbocycles. The van der Waals surface area contributed by atoms with E-state index in [1.54, 1.807) is 36.4 Å². The van der Waals surface area contributed by atoms with Gasteiger partial charge in [-0.05, 0) is 41.5 Å². The minimum absolute atomic E-state index is 0.0266. The van der Waals surface area contributed by atoms with Gasteiger partial charge < -0.3 is 9.52 Å². The van der Waals surface area contributed by atoms with Crippen LogP contribution < -0.4 is 5.32 Å². The summed E-state index contributed by atoms with van der Waals surface area (Å²) in [7, 11) is 0. The van der Waals surface area contributed by atoms with Gasteiger partial charge in [-0.2, -0.15) is 0 Å². The maximum absolute atomic E-state index is 12.8. The fraction of sp³-hybridized carbons (Fsp3) is 0.0357. The third kappa shape index (κ3) is 4.44. The number of hydrogen-bond acceptors (Lipinski definition) is 5. The van der Waals surface area contributed by atoms with Crippen molar-refractivity contribution in [1.82, 2.24) is 4.98 Å². The van der Waals surface area contributed by atoms with E-state index in [1.165, 1.54) is 0 Å². The molecule has 6 heteroatoms. The van der Waals surface area contributed by atoms with Crippen molar-refractivity contribution in [2.45, 2.75) is 6.42 Å². The zero-order valence-corrected chi connectivity index (χ0v) is 18.9. The lowest BCUT2D eigenvalue weighted by atomic mass is 10.0. The number of phenols is 1. The van der Waals surface area contributed by atoms with E-state index in [9.17, 15) is 9.90 Å². The number of hydrogen-bond donors (Lipinski definition) is 2. The van der Waals surface area contributed by atoms with Gasteiger partial charge in [0.05, 0.1) is 5.56 Å². The van der Waals surface area contributed by atoms with Crippen molar-refractivity contribution in [2.24, 2.45) is 0 Å². The molecule has 2 N–H and O–H groups in total. The molecule has 0 atom stereocenters. The molecule has 34 heavy (non-hydrogen) atoms. The van der Waals surface area contributed by atoms with Crippen molar-refractivity contribution >= 4 is 34.4 Å². The first-order valence-electron chi connectivity index (χ1n) is 10.8. The van der Waals surface area contributed by atoms with Gasteiger partial charge in [0.1, 0.15) is 11.4 Å². The first-order chi connectivity index (χ1) is 16.6. The highest BCUT2D eigenvalue weighted by Crippen LogP contribution is 2.37. The van der Waals surface area contributed by atoms with Gasteiger partial charge in [-0.25, -0.2) is 4.98 Å². The number of amides is 1. The summed E-state index contributed by atoms with van der Waals surface area (Å²) in [5.41, 5.74) is 3.95. The first-order valence-corrected chi connectivity index (χ1v) is 11.2. The predicted molar refractivity (Wildman–Crippen MR) is 138 cm³/mol. The van der Waals surface area contributed by atoms with Gasteiger partial charge in [-0.15, -0.1) is 0 Å². The molecule has 0 radical (unpaired) electrons. The Bertz CT molecular complexity index is 1440. The lowest BCUT2D eigenvalue weighted by molar-refractivity contribution is 0.102. The second-order valence-electron chi connectivity index (χ2n) is 7.79. The molecule has 0 saturated carbocycles. The average Bonchev–Trinajstić information content (AvgIpc) is 3.28. The molecule has 1 heterocycles. The highest BCUT2D eigenvalue weighted by atomic mass is 32.1. The number of rotatable bonds is 5. The number of aromatic nitrogens is 1. The number of carbonyl (C=O) groups excluding carboxylic acids is 1. The van der Waals surface area contributed by atoms with E-state index in [0.29, 0.717) is 23.2 Å². The van der Waals surface area contributed by atoms with Crippen LogP contribution in [0.15, 0.2) is 102 Å². The number of oxazole rings is 1. The number of aromatic hydroxyl groups is 1. The number of nitrogens with zero attached hydrogens (tertiary/aromatic N) is 1. The Morgan fingerprint density at radius 3 is 2.41 bits per heavy atom. The number of thiocarbonyl (C=S) groups is 1. The van der Waals surface area contributed by atoms with E-state index in [0.717, 1.165) is 21.6 Å². The maximum atomic E-state index is 12.8. The fourth-order valence-electron chi connectivity index (χ4n) is 3.73. The van der Waals surface area contributed by atoms with Crippen LogP contribution in [0, 0.1) is 0 Å². The van der Waals surface area contributed by atoms with Crippen molar-refractivity contribution < 1.29 is 14.3 Å². The van der Waals surface area contributed by atoms with E-state index in [1.807, 2.05) is 60.7 Å². The molecule has 1 amide bonds. The first kappa shape index (κ1) is 21.6. The van der Waals surface area contributed by atoms with Crippen molar-refractivity contribution in [3.63, 3.8) is 0 Å². The van der Waals surface area contributed by atoms with Crippen LogP contribution in [0.4, 0.5) is 5.88 Å². The largest absolute Gasteiger partial charge is 0.507 e. The molecule has 5 rings (SSSR count). The monoisotopic (exact) mass is 464 g/mol. The van der Waals surface area contributed by atoms with Crippen molar-refractivity contribution in [1.29, 1.82) is 0 Å². The molecule has 166 valence electrons. The molecular weight excluding hydrogens is 444 g/mol.